The molecule has 4 aliphatic carbocycles. The number of nitrogens with zero attached hydrogens (tertiary/aromatic N) is 3. The molecule has 10 heteroatoms. The smallest absolute Gasteiger partial charge is 0.331 e. The Morgan fingerprint density at radius 3 is 2.59 bits per heavy atom. The number of fused-ring (bicyclic) bond motifs is 5. The van der Waals surface area contributed by atoms with Crippen molar-refractivity contribution in [2.45, 2.75) is 121 Å². The minimum atomic E-state index is -1.28. The van der Waals surface area contributed by atoms with Gasteiger partial charge in [-0.25, -0.2) is 4.79 Å². The highest BCUT2D eigenvalue weighted by molar-refractivity contribution is 5.85. The molecule has 216 valence electrons. The first kappa shape index (κ1) is 27.5. The molecule has 2 heterocycles. The van der Waals surface area contributed by atoms with Gasteiger partial charge >= 0.3 is 5.97 Å². The third-order valence-corrected chi connectivity index (χ3v) is 12.3. The van der Waals surface area contributed by atoms with Gasteiger partial charge in [0.2, 0.25) is 0 Å². The van der Waals surface area contributed by atoms with Crippen molar-refractivity contribution in [1.29, 1.82) is 0 Å². The van der Waals surface area contributed by atoms with E-state index >= 15 is 0 Å². The van der Waals surface area contributed by atoms with Crippen LogP contribution in [0.1, 0.15) is 78.6 Å². The highest BCUT2D eigenvalue weighted by Crippen LogP contribution is 2.70. The van der Waals surface area contributed by atoms with Gasteiger partial charge in [0, 0.05) is 16.4 Å². The molecule has 1 saturated heterocycles. The molecule has 6 rings (SSSR count). The first-order chi connectivity index (χ1) is 18.5. The summed E-state index contributed by atoms with van der Waals surface area (Å²) in [5.74, 6) is 1.08. The standard InChI is InChI=1S/C29H43N3O7/c1-15-23(31-32-30)24(34)25(35)26(38-15)39-18-6-9-27(2)17(13-18)4-5-21-20(27)7-10-28(3)19(8-11-29(21,28)36)16-12-22(33)37-14-16/h12,15,17-21,23-26,34-36H,4-11,13-14H2,1-3H3/t15?,17-,18+,19-,20?,21?,23+,24+,25+,26?,27?,28?,29+/m1/s1. The second-order valence-corrected chi connectivity index (χ2v) is 13.7. The number of cyclic esters (lactones) is 1. The quantitative estimate of drug-likeness (QED) is 0.160. The molecule has 0 amide bonds. The van der Waals surface area contributed by atoms with Crippen LogP contribution < -0.4 is 0 Å². The van der Waals surface area contributed by atoms with E-state index in [1.165, 1.54) is 0 Å². The number of ether oxygens (including phenoxy) is 3. The fraction of sp³-hybridized carbons (Fsp3) is 0.897. The Hall–Kier alpha value is -1.68. The maximum Gasteiger partial charge on any atom is 0.331 e. The lowest BCUT2D eigenvalue weighted by Crippen LogP contribution is -2.62. The monoisotopic (exact) mass is 545 g/mol. The van der Waals surface area contributed by atoms with E-state index in [9.17, 15) is 20.1 Å². The van der Waals surface area contributed by atoms with Crippen molar-refractivity contribution in [3.8, 4) is 0 Å². The van der Waals surface area contributed by atoms with Crippen LogP contribution in [0.4, 0.5) is 0 Å². The van der Waals surface area contributed by atoms with Crippen LogP contribution in [0.2, 0.25) is 0 Å². The number of esters is 1. The summed E-state index contributed by atoms with van der Waals surface area (Å²) in [4.78, 5) is 14.6. The summed E-state index contributed by atoms with van der Waals surface area (Å²) in [7, 11) is 0. The molecule has 4 saturated carbocycles. The lowest BCUT2D eigenvalue weighted by atomic mass is 9.43. The molecule has 0 radical (unpaired) electrons. The second-order valence-electron chi connectivity index (χ2n) is 13.7. The number of hydrogen-bond donors (Lipinski definition) is 3. The molecule has 0 bridgehead atoms. The zero-order valence-electron chi connectivity index (χ0n) is 23.2. The summed E-state index contributed by atoms with van der Waals surface area (Å²) in [5.41, 5.74) is 8.98. The topological polar surface area (TPSA) is 154 Å². The molecule has 6 aliphatic rings. The molecule has 5 fully saturated rings. The molecule has 0 spiro atoms. The second kappa shape index (κ2) is 9.71. The molecule has 2 aliphatic heterocycles. The number of aliphatic hydroxyl groups excluding tert-OH is 2. The fourth-order valence-corrected chi connectivity index (χ4v) is 10.0. The van der Waals surface area contributed by atoms with Gasteiger partial charge in [0.05, 0.1) is 30.0 Å². The molecule has 13 atom stereocenters. The minimum absolute atomic E-state index is 0.0886. The van der Waals surface area contributed by atoms with Crippen LogP contribution in [0.15, 0.2) is 16.8 Å². The normalized spacial score (nSPS) is 53.1. The minimum Gasteiger partial charge on any atom is -0.458 e. The molecule has 3 N–H and O–H groups in total. The van der Waals surface area contributed by atoms with E-state index in [0.29, 0.717) is 18.4 Å². The van der Waals surface area contributed by atoms with E-state index in [1.807, 2.05) is 0 Å². The molecule has 39 heavy (non-hydrogen) atoms. The highest BCUT2D eigenvalue weighted by atomic mass is 16.7. The van der Waals surface area contributed by atoms with Crippen LogP contribution >= 0.6 is 0 Å². The Kier molecular flexibility index (Phi) is 6.84. The Bertz CT molecular complexity index is 1080. The van der Waals surface area contributed by atoms with E-state index in [1.54, 1.807) is 13.0 Å². The molecular weight excluding hydrogens is 502 g/mol. The molecule has 10 nitrogen and oxygen atoms in total. The van der Waals surface area contributed by atoms with Crippen LogP contribution in [0.3, 0.4) is 0 Å². The largest absolute Gasteiger partial charge is 0.458 e. The number of rotatable bonds is 4. The van der Waals surface area contributed by atoms with E-state index in [-0.39, 0.29) is 34.7 Å². The molecule has 6 unspecified atom stereocenters. The number of hydrogen-bond acceptors (Lipinski definition) is 8. The summed E-state index contributed by atoms with van der Waals surface area (Å²) >= 11 is 0. The Morgan fingerprint density at radius 2 is 1.87 bits per heavy atom. The van der Waals surface area contributed by atoms with Crippen molar-refractivity contribution in [3.05, 3.63) is 22.1 Å². The number of aliphatic hydroxyl groups is 3. The van der Waals surface area contributed by atoms with Gasteiger partial charge in [0.25, 0.3) is 0 Å². The van der Waals surface area contributed by atoms with Crippen LogP contribution in [-0.2, 0) is 19.0 Å². The van der Waals surface area contributed by atoms with E-state index < -0.39 is 36.2 Å². The number of carbonyl (C=O) groups is 1. The molecule has 0 aromatic heterocycles. The van der Waals surface area contributed by atoms with Gasteiger partial charge in [-0.1, -0.05) is 19.0 Å². The summed E-state index contributed by atoms with van der Waals surface area (Å²) < 4.78 is 17.4. The van der Waals surface area contributed by atoms with Gasteiger partial charge in [0.15, 0.2) is 6.29 Å². The Labute approximate surface area is 229 Å². The van der Waals surface area contributed by atoms with E-state index in [0.717, 1.165) is 63.4 Å². The molecule has 0 aromatic carbocycles. The lowest BCUT2D eigenvalue weighted by Gasteiger charge is -2.64. The summed E-state index contributed by atoms with van der Waals surface area (Å²) in [6.07, 6.45) is 5.93. The van der Waals surface area contributed by atoms with Gasteiger partial charge in [-0.2, -0.15) is 0 Å². The zero-order valence-corrected chi connectivity index (χ0v) is 23.2. The third kappa shape index (κ3) is 4.09. The van der Waals surface area contributed by atoms with E-state index in [2.05, 4.69) is 23.9 Å². The van der Waals surface area contributed by atoms with Crippen molar-refractivity contribution < 1.29 is 34.3 Å². The summed E-state index contributed by atoms with van der Waals surface area (Å²) in [6.45, 7) is 6.75. The van der Waals surface area contributed by atoms with Crippen LogP contribution in [0.25, 0.3) is 10.4 Å². The van der Waals surface area contributed by atoms with Crippen molar-refractivity contribution in [1.82, 2.24) is 0 Å². The maximum atomic E-state index is 12.4. The van der Waals surface area contributed by atoms with Crippen molar-refractivity contribution in [2.75, 3.05) is 6.61 Å². The maximum absolute atomic E-state index is 12.4. The average Bonchev–Trinajstić information content (AvgIpc) is 3.45. The Balaban J connectivity index is 1.14. The van der Waals surface area contributed by atoms with Gasteiger partial charge in [-0.05, 0) is 105 Å². The molecular formula is C29H43N3O7. The van der Waals surface area contributed by atoms with Gasteiger partial charge in [-0.15, -0.1) is 0 Å². The van der Waals surface area contributed by atoms with Crippen LogP contribution in [0, 0.1) is 34.5 Å². The third-order valence-electron chi connectivity index (χ3n) is 12.3. The number of azide groups is 1. The van der Waals surface area contributed by atoms with Gasteiger partial charge in [0.1, 0.15) is 12.7 Å². The summed E-state index contributed by atoms with van der Waals surface area (Å²) in [6, 6.07) is -0.856. The van der Waals surface area contributed by atoms with Gasteiger partial charge < -0.3 is 29.5 Å². The van der Waals surface area contributed by atoms with Crippen molar-refractivity contribution in [3.63, 3.8) is 0 Å². The SMILES string of the molecule is CC1OC(O[C@H]2CCC3(C)C4CCC5(C)[C@@H](C6=CC(=O)OC6)CC[C@]5(O)C4CC[C@@H]3C2)[C@@H](O)[C@@H](O)[C@H]1N=[N+]=[N-]. The van der Waals surface area contributed by atoms with Crippen molar-refractivity contribution >= 4 is 5.97 Å². The number of carbonyl (C=O) groups excluding carboxylic acids is 1. The lowest BCUT2D eigenvalue weighted by molar-refractivity contribution is -0.291. The predicted molar refractivity (Wildman–Crippen MR) is 140 cm³/mol. The predicted octanol–water partition coefficient (Wildman–Crippen LogP) is 3.77. The van der Waals surface area contributed by atoms with Crippen LogP contribution in [0.5, 0.6) is 0 Å². The first-order valence-electron chi connectivity index (χ1n) is 14.8. The zero-order chi connectivity index (χ0) is 27.7. The summed E-state index contributed by atoms with van der Waals surface area (Å²) in [5, 5.41) is 37.1. The van der Waals surface area contributed by atoms with Gasteiger partial charge in [-0.3, -0.25) is 0 Å². The molecule has 0 aromatic rings. The van der Waals surface area contributed by atoms with Crippen LogP contribution in [-0.4, -0.2) is 70.2 Å². The van der Waals surface area contributed by atoms with E-state index in [4.69, 9.17) is 19.7 Å². The Morgan fingerprint density at radius 1 is 1.08 bits per heavy atom. The first-order valence-corrected chi connectivity index (χ1v) is 14.8. The average molecular weight is 546 g/mol. The highest BCUT2D eigenvalue weighted by Gasteiger charge is 2.67. The van der Waals surface area contributed by atoms with Crippen molar-refractivity contribution in [2.24, 2.45) is 39.6 Å². The fourth-order valence-electron chi connectivity index (χ4n) is 10.0.